The van der Waals surface area contributed by atoms with Crippen LogP contribution in [0.5, 0.6) is 0 Å². The molecule has 0 fully saturated rings. The SMILES string of the molecule is [N-]=[N+]=NC(=Cc1ccccc1)c1ccccc1. The lowest BCUT2D eigenvalue weighted by Gasteiger charge is -2.00. The lowest BCUT2D eigenvalue weighted by Crippen LogP contribution is -1.79. The van der Waals surface area contributed by atoms with Crippen molar-refractivity contribution in [2.45, 2.75) is 0 Å². The van der Waals surface area contributed by atoms with E-state index in [4.69, 9.17) is 5.53 Å². The van der Waals surface area contributed by atoms with Crippen molar-refractivity contribution in [3.05, 3.63) is 82.2 Å². The van der Waals surface area contributed by atoms with Crippen LogP contribution in [0.3, 0.4) is 0 Å². The first kappa shape index (κ1) is 11.0. The molecule has 0 aliphatic rings. The number of benzene rings is 2. The van der Waals surface area contributed by atoms with Crippen LogP contribution in [-0.2, 0) is 0 Å². The predicted molar refractivity (Wildman–Crippen MR) is 69.9 cm³/mol. The smallest absolute Gasteiger partial charge is 0.0453 e. The third kappa shape index (κ3) is 2.97. The van der Waals surface area contributed by atoms with Crippen molar-refractivity contribution in [1.29, 1.82) is 0 Å². The van der Waals surface area contributed by atoms with E-state index >= 15 is 0 Å². The largest absolute Gasteiger partial charge is 0.0622 e. The molecule has 0 saturated heterocycles. The highest BCUT2D eigenvalue weighted by atomic mass is 15.1. The maximum atomic E-state index is 8.59. The summed E-state index contributed by atoms with van der Waals surface area (Å²) < 4.78 is 0. The van der Waals surface area contributed by atoms with Crippen molar-refractivity contribution in [2.75, 3.05) is 0 Å². The minimum absolute atomic E-state index is 0.624. The molecule has 0 atom stereocenters. The first-order valence-corrected chi connectivity index (χ1v) is 5.27. The van der Waals surface area contributed by atoms with Gasteiger partial charge in [-0.25, -0.2) is 0 Å². The molecule has 0 unspecified atom stereocenters. The van der Waals surface area contributed by atoms with Gasteiger partial charge >= 0.3 is 0 Å². The van der Waals surface area contributed by atoms with Crippen molar-refractivity contribution in [3.63, 3.8) is 0 Å². The molecule has 3 heteroatoms. The molecule has 0 saturated carbocycles. The van der Waals surface area contributed by atoms with Crippen molar-refractivity contribution >= 4 is 11.8 Å². The molecule has 17 heavy (non-hydrogen) atoms. The Bertz CT molecular complexity index is 553. The van der Waals surface area contributed by atoms with Gasteiger partial charge in [-0.05, 0) is 22.7 Å². The fourth-order valence-electron chi connectivity index (χ4n) is 1.53. The molecule has 0 bridgehead atoms. The van der Waals surface area contributed by atoms with Crippen molar-refractivity contribution in [1.82, 2.24) is 0 Å². The van der Waals surface area contributed by atoms with Gasteiger partial charge in [0.15, 0.2) is 0 Å². The van der Waals surface area contributed by atoms with Gasteiger partial charge in [0, 0.05) is 10.6 Å². The maximum absolute atomic E-state index is 8.59. The second-order valence-electron chi connectivity index (χ2n) is 3.50. The molecule has 0 aromatic heterocycles. The number of hydrogen-bond acceptors (Lipinski definition) is 1. The molecule has 2 aromatic rings. The monoisotopic (exact) mass is 221 g/mol. The highest BCUT2D eigenvalue weighted by Crippen LogP contribution is 2.19. The summed E-state index contributed by atoms with van der Waals surface area (Å²) in [6.45, 7) is 0. The van der Waals surface area contributed by atoms with Crippen LogP contribution in [0.15, 0.2) is 65.8 Å². The lowest BCUT2D eigenvalue weighted by molar-refractivity contribution is 1.48. The van der Waals surface area contributed by atoms with Crippen LogP contribution in [0.4, 0.5) is 0 Å². The molecule has 82 valence electrons. The molecular formula is C14H11N3. The first-order chi connectivity index (χ1) is 8.40. The Balaban J connectivity index is 2.43. The van der Waals surface area contributed by atoms with E-state index < -0.39 is 0 Å². The Morgan fingerprint density at radius 2 is 1.53 bits per heavy atom. The van der Waals surface area contributed by atoms with E-state index in [-0.39, 0.29) is 0 Å². The summed E-state index contributed by atoms with van der Waals surface area (Å²) in [4.78, 5) is 2.87. The van der Waals surface area contributed by atoms with Gasteiger partial charge in [0.05, 0.1) is 0 Å². The van der Waals surface area contributed by atoms with Crippen LogP contribution in [-0.4, -0.2) is 0 Å². The fraction of sp³-hybridized carbons (Fsp3) is 0. The van der Waals surface area contributed by atoms with Crippen molar-refractivity contribution in [2.24, 2.45) is 5.11 Å². The molecule has 2 aromatic carbocycles. The average Bonchev–Trinajstić information content (AvgIpc) is 2.40. The van der Waals surface area contributed by atoms with Crippen LogP contribution >= 0.6 is 0 Å². The van der Waals surface area contributed by atoms with Crippen molar-refractivity contribution < 1.29 is 0 Å². The molecule has 3 nitrogen and oxygen atoms in total. The Labute approximate surface area is 99.7 Å². The van der Waals surface area contributed by atoms with Gasteiger partial charge in [-0.1, -0.05) is 65.8 Å². The summed E-state index contributed by atoms with van der Waals surface area (Å²) in [5.74, 6) is 0. The second-order valence-corrected chi connectivity index (χ2v) is 3.50. The third-order valence-corrected chi connectivity index (χ3v) is 2.32. The summed E-state index contributed by atoms with van der Waals surface area (Å²) >= 11 is 0. The van der Waals surface area contributed by atoms with Crippen LogP contribution in [0.25, 0.3) is 22.2 Å². The van der Waals surface area contributed by atoms with Crippen LogP contribution in [0.2, 0.25) is 0 Å². The van der Waals surface area contributed by atoms with Crippen LogP contribution in [0.1, 0.15) is 11.1 Å². The number of rotatable bonds is 3. The highest BCUT2D eigenvalue weighted by molar-refractivity contribution is 5.80. The molecule has 0 aliphatic carbocycles. The number of azide groups is 1. The Morgan fingerprint density at radius 1 is 0.941 bits per heavy atom. The standard InChI is InChI=1S/C14H11N3/c15-17-16-14(13-9-5-2-6-10-13)11-12-7-3-1-4-8-12/h1-11H. The zero-order valence-corrected chi connectivity index (χ0v) is 9.19. The molecule has 0 spiro atoms. The summed E-state index contributed by atoms with van der Waals surface area (Å²) in [7, 11) is 0. The summed E-state index contributed by atoms with van der Waals surface area (Å²) in [6.07, 6.45) is 1.87. The molecule has 0 aliphatic heterocycles. The fourth-order valence-corrected chi connectivity index (χ4v) is 1.53. The van der Waals surface area contributed by atoms with Crippen LogP contribution < -0.4 is 0 Å². The minimum Gasteiger partial charge on any atom is -0.0622 e. The third-order valence-electron chi connectivity index (χ3n) is 2.32. The lowest BCUT2D eigenvalue weighted by atomic mass is 10.1. The van der Waals surface area contributed by atoms with Gasteiger partial charge < -0.3 is 0 Å². The van der Waals surface area contributed by atoms with Gasteiger partial charge in [-0.3, -0.25) is 0 Å². The van der Waals surface area contributed by atoms with Gasteiger partial charge in [0.2, 0.25) is 0 Å². The second kappa shape index (κ2) is 5.54. The van der Waals surface area contributed by atoms with Gasteiger partial charge in [0.1, 0.15) is 0 Å². The van der Waals surface area contributed by atoms with E-state index in [0.717, 1.165) is 11.1 Å². The number of nitrogens with zero attached hydrogens (tertiary/aromatic N) is 3. The number of hydrogen-bond donors (Lipinski definition) is 0. The Hall–Kier alpha value is -2.51. The van der Waals surface area contributed by atoms with Gasteiger partial charge in [-0.2, -0.15) is 0 Å². The van der Waals surface area contributed by atoms with Gasteiger partial charge in [0.25, 0.3) is 0 Å². The predicted octanol–water partition coefficient (Wildman–Crippen LogP) is 4.50. The van der Waals surface area contributed by atoms with E-state index in [1.54, 1.807) is 0 Å². The van der Waals surface area contributed by atoms with E-state index in [9.17, 15) is 0 Å². The van der Waals surface area contributed by atoms with E-state index in [1.165, 1.54) is 0 Å². The maximum Gasteiger partial charge on any atom is 0.0453 e. The summed E-state index contributed by atoms with van der Waals surface area (Å²) in [6, 6.07) is 19.4. The zero-order chi connectivity index (χ0) is 11.9. The molecule has 0 N–H and O–H groups in total. The average molecular weight is 221 g/mol. The minimum atomic E-state index is 0.624. The first-order valence-electron chi connectivity index (χ1n) is 5.27. The van der Waals surface area contributed by atoms with Crippen molar-refractivity contribution in [3.8, 4) is 0 Å². The molecule has 2 rings (SSSR count). The van der Waals surface area contributed by atoms with E-state index in [1.807, 2.05) is 66.7 Å². The highest BCUT2D eigenvalue weighted by Gasteiger charge is 1.98. The van der Waals surface area contributed by atoms with E-state index in [0.29, 0.717) is 5.70 Å². The molecule has 0 amide bonds. The summed E-state index contributed by atoms with van der Waals surface area (Å²) in [5, 5.41) is 3.73. The topological polar surface area (TPSA) is 48.8 Å². The molecule has 0 heterocycles. The molecular weight excluding hydrogens is 210 g/mol. The Morgan fingerprint density at radius 3 is 2.12 bits per heavy atom. The zero-order valence-electron chi connectivity index (χ0n) is 9.19. The van der Waals surface area contributed by atoms with Gasteiger partial charge in [-0.15, -0.1) is 0 Å². The molecule has 0 radical (unpaired) electrons. The summed E-state index contributed by atoms with van der Waals surface area (Å²) in [5.41, 5.74) is 11.1. The van der Waals surface area contributed by atoms with E-state index in [2.05, 4.69) is 10.0 Å². The quantitative estimate of drug-likeness (QED) is 0.317. The Kier molecular flexibility index (Phi) is 3.58. The normalized spacial score (nSPS) is 10.7. The van der Waals surface area contributed by atoms with Crippen LogP contribution in [0, 0.1) is 0 Å².